The molecule has 17 heavy (non-hydrogen) atoms. The molecule has 0 unspecified atom stereocenters. The van der Waals surface area contributed by atoms with E-state index >= 15 is 0 Å². The number of imidazole rings is 1. The third kappa shape index (κ3) is 2.35. The molecule has 0 bridgehead atoms. The van der Waals surface area contributed by atoms with Crippen LogP contribution in [0.3, 0.4) is 0 Å². The highest BCUT2D eigenvalue weighted by molar-refractivity contribution is 5.69. The molecule has 1 N–H and O–H groups in total. The molecule has 0 saturated heterocycles. The van der Waals surface area contributed by atoms with Crippen LogP contribution in [0.4, 0.5) is 0 Å². The third-order valence-electron chi connectivity index (χ3n) is 2.28. The average molecular weight is 235 g/mol. The van der Waals surface area contributed by atoms with Crippen LogP contribution in [0.5, 0.6) is 5.88 Å². The molecule has 0 saturated carbocycles. The van der Waals surface area contributed by atoms with Gasteiger partial charge in [0.2, 0.25) is 11.7 Å². The maximum Gasteiger partial charge on any atom is 0.309 e. The molecule has 90 valence electrons. The summed E-state index contributed by atoms with van der Waals surface area (Å²) < 4.78 is 7.06. The number of hydrogen-bond acceptors (Lipinski definition) is 4. The summed E-state index contributed by atoms with van der Waals surface area (Å²) in [5, 5.41) is 8.71. The Morgan fingerprint density at radius 1 is 1.53 bits per heavy atom. The number of fused-ring (bicyclic) bond motifs is 1. The summed E-state index contributed by atoms with van der Waals surface area (Å²) >= 11 is 0. The zero-order chi connectivity index (χ0) is 12.4. The van der Waals surface area contributed by atoms with Gasteiger partial charge in [-0.1, -0.05) is 0 Å². The van der Waals surface area contributed by atoms with Crippen LogP contribution in [0.25, 0.3) is 5.78 Å². The summed E-state index contributed by atoms with van der Waals surface area (Å²) in [6.45, 7) is 4.30. The molecule has 2 aromatic rings. The van der Waals surface area contributed by atoms with Crippen molar-refractivity contribution in [3.8, 4) is 5.88 Å². The molecule has 0 aliphatic heterocycles. The first-order chi connectivity index (χ1) is 8.10. The second-order valence-electron chi connectivity index (χ2n) is 3.64. The molecule has 2 rings (SSSR count). The Bertz CT molecular complexity index is 562. The zero-order valence-electron chi connectivity index (χ0n) is 9.67. The summed E-state index contributed by atoms with van der Waals surface area (Å²) in [4.78, 5) is 18.9. The number of nitrogens with zero attached hydrogens (tertiary/aromatic N) is 3. The van der Waals surface area contributed by atoms with Crippen LogP contribution >= 0.6 is 0 Å². The fourth-order valence-electron chi connectivity index (χ4n) is 1.60. The fourth-order valence-corrected chi connectivity index (χ4v) is 1.60. The second kappa shape index (κ2) is 4.40. The number of rotatable bonds is 4. The van der Waals surface area contributed by atoms with E-state index in [-0.39, 0.29) is 6.42 Å². The topological polar surface area (TPSA) is 76.7 Å². The van der Waals surface area contributed by atoms with Gasteiger partial charge < -0.3 is 9.84 Å². The van der Waals surface area contributed by atoms with Gasteiger partial charge in [0, 0.05) is 18.0 Å². The van der Waals surface area contributed by atoms with Crippen LogP contribution in [-0.4, -0.2) is 32.1 Å². The van der Waals surface area contributed by atoms with Gasteiger partial charge in [0.05, 0.1) is 18.7 Å². The molecule has 2 heterocycles. The largest absolute Gasteiger partial charge is 0.481 e. The van der Waals surface area contributed by atoms with Gasteiger partial charge in [0.1, 0.15) is 0 Å². The summed E-state index contributed by atoms with van der Waals surface area (Å²) in [6, 6.07) is 1.79. The second-order valence-corrected chi connectivity index (χ2v) is 3.64. The van der Waals surface area contributed by atoms with Crippen molar-refractivity contribution in [1.82, 2.24) is 14.4 Å². The predicted octanol–water partition coefficient (Wildman–Crippen LogP) is 1.06. The van der Waals surface area contributed by atoms with Crippen LogP contribution in [-0.2, 0) is 11.2 Å². The van der Waals surface area contributed by atoms with Crippen molar-refractivity contribution in [3.63, 3.8) is 0 Å². The quantitative estimate of drug-likeness (QED) is 0.857. The summed E-state index contributed by atoms with van der Waals surface area (Å²) in [6.07, 6.45) is 1.58. The minimum absolute atomic E-state index is 0.104. The molecule has 0 aliphatic rings. The number of aliphatic carboxylic acids is 1. The van der Waals surface area contributed by atoms with Gasteiger partial charge >= 0.3 is 5.97 Å². The highest BCUT2D eigenvalue weighted by atomic mass is 16.5. The van der Waals surface area contributed by atoms with Gasteiger partial charge in [-0.25, -0.2) is 4.98 Å². The molecular formula is C11H13N3O3. The van der Waals surface area contributed by atoms with E-state index in [4.69, 9.17) is 9.84 Å². The van der Waals surface area contributed by atoms with Crippen LogP contribution in [0.15, 0.2) is 12.3 Å². The number of carbonyl (C=O) groups is 1. The van der Waals surface area contributed by atoms with Gasteiger partial charge in [-0.3, -0.25) is 9.20 Å². The molecule has 0 atom stereocenters. The SMILES string of the molecule is CCOc1cc(C)n2cc(CC(=O)O)nc2n1. The van der Waals surface area contributed by atoms with E-state index in [9.17, 15) is 4.79 Å². The van der Waals surface area contributed by atoms with Crippen LogP contribution in [0, 0.1) is 6.92 Å². The normalized spacial score (nSPS) is 10.7. The van der Waals surface area contributed by atoms with Crippen molar-refractivity contribution >= 4 is 11.7 Å². The first-order valence-electron chi connectivity index (χ1n) is 5.30. The molecule has 0 spiro atoms. The lowest BCUT2D eigenvalue weighted by molar-refractivity contribution is -0.136. The third-order valence-corrected chi connectivity index (χ3v) is 2.28. The highest BCUT2D eigenvalue weighted by Gasteiger charge is 2.09. The number of carboxylic acids is 1. The first kappa shape index (κ1) is 11.4. The van der Waals surface area contributed by atoms with E-state index in [1.165, 1.54) is 0 Å². The minimum Gasteiger partial charge on any atom is -0.481 e. The lowest BCUT2D eigenvalue weighted by Gasteiger charge is -2.04. The molecule has 0 radical (unpaired) electrons. The Morgan fingerprint density at radius 3 is 2.94 bits per heavy atom. The van der Waals surface area contributed by atoms with Gasteiger partial charge in [-0.2, -0.15) is 4.98 Å². The number of carboxylic acid groups (broad SMARTS) is 1. The molecule has 0 aromatic carbocycles. The molecule has 2 aromatic heterocycles. The van der Waals surface area contributed by atoms with Crippen molar-refractivity contribution in [3.05, 3.63) is 23.7 Å². The molecule has 0 amide bonds. The van der Waals surface area contributed by atoms with Crippen LogP contribution < -0.4 is 4.74 Å². The summed E-state index contributed by atoms with van der Waals surface area (Å²) in [5.74, 6) is 0.0609. The van der Waals surface area contributed by atoms with E-state index < -0.39 is 5.97 Å². The molecule has 0 fully saturated rings. The Kier molecular flexibility index (Phi) is 2.95. The number of aromatic nitrogens is 3. The van der Waals surface area contributed by atoms with Crippen LogP contribution in [0.2, 0.25) is 0 Å². The average Bonchev–Trinajstić information content (AvgIpc) is 2.60. The van der Waals surface area contributed by atoms with Crippen molar-refractivity contribution in [1.29, 1.82) is 0 Å². The standard InChI is InChI=1S/C11H13N3O3/c1-3-17-9-4-7(2)14-6-8(5-10(15)16)12-11(14)13-9/h4,6H,3,5H2,1-2H3,(H,15,16). The van der Waals surface area contributed by atoms with E-state index in [2.05, 4.69) is 9.97 Å². The van der Waals surface area contributed by atoms with Gasteiger partial charge in [-0.05, 0) is 13.8 Å². The molecular weight excluding hydrogens is 222 g/mol. The van der Waals surface area contributed by atoms with E-state index in [0.717, 1.165) is 5.69 Å². The van der Waals surface area contributed by atoms with E-state index in [1.807, 2.05) is 13.8 Å². The fraction of sp³-hybridized carbons (Fsp3) is 0.364. The molecule has 6 heteroatoms. The van der Waals surface area contributed by atoms with Crippen molar-refractivity contribution in [2.24, 2.45) is 0 Å². The lowest BCUT2D eigenvalue weighted by Crippen LogP contribution is -1.99. The van der Waals surface area contributed by atoms with Crippen molar-refractivity contribution < 1.29 is 14.6 Å². The number of ether oxygens (including phenoxy) is 1. The first-order valence-corrected chi connectivity index (χ1v) is 5.30. The zero-order valence-corrected chi connectivity index (χ0v) is 9.67. The Labute approximate surface area is 97.9 Å². The number of aryl methyl sites for hydroxylation is 1. The predicted molar refractivity (Wildman–Crippen MR) is 60.2 cm³/mol. The van der Waals surface area contributed by atoms with Gasteiger partial charge in [-0.15, -0.1) is 0 Å². The number of hydrogen-bond donors (Lipinski definition) is 1. The van der Waals surface area contributed by atoms with Crippen molar-refractivity contribution in [2.45, 2.75) is 20.3 Å². The summed E-state index contributed by atoms with van der Waals surface area (Å²) in [5.41, 5.74) is 1.39. The maximum absolute atomic E-state index is 10.6. The van der Waals surface area contributed by atoms with E-state index in [0.29, 0.717) is 24.0 Å². The van der Waals surface area contributed by atoms with Crippen molar-refractivity contribution in [2.75, 3.05) is 6.61 Å². The van der Waals surface area contributed by atoms with Gasteiger partial charge in [0.15, 0.2) is 0 Å². The smallest absolute Gasteiger partial charge is 0.309 e. The maximum atomic E-state index is 10.6. The Morgan fingerprint density at radius 2 is 2.29 bits per heavy atom. The monoisotopic (exact) mass is 235 g/mol. The molecule has 0 aliphatic carbocycles. The minimum atomic E-state index is -0.906. The Balaban J connectivity index is 2.45. The molecule has 6 nitrogen and oxygen atoms in total. The lowest BCUT2D eigenvalue weighted by atomic mass is 10.3. The summed E-state index contributed by atoms with van der Waals surface area (Å²) in [7, 11) is 0. The van der Waals surface area contributed by atoms with Crippen LogP contribution in [0.1, 0.15) is 18.3 Å². The van der Waals surface area contributed by atoms with Gasteiger partial charge in [0.25, 0.3) is 0 Å². The Hall–Kier alpha value is -2.11. The highest BCUT2D eigenvalue weighted by Crippen LogP contribution is 2.14. The van der Waals surface area contributed by atoms with E-state index in [1.54, 1.807) is 16.7 Å².